The highest BCUT2D eigenvalue weighted by Crippen LogP contribution is 2.41. The van der Waals surface area contributed by atoms with Gasteiger partial charge in [-0.05, 0) is 44.0 Å². The summed E-state index contributed by atoms with van der Waals surface area (Å²) in [5.74, 6) is 0.767. The molecule has 2 aliphatic rings. The number of aromatic nitrogens is 3. The number of methoxy groups -OCH3 is 1. The van der Waals surface area contributed by atoms with E-state index in [1.807, 2.05) is 46.8 Å². The molecule has 0 radical (unpaired) electrons. The summed E-state index contributed by atoms with van der Waals surface area (Å²) in [7, 11) is 3.48. The van der Waals surface area contributed by atoms with Crippen LogP contribution in [-0.2, 0) is 31.4 Å². The van der Waals surface area contributed by atoms with Gasteiger partial charge in [0, 0.05) is 93.3 Å². The van der Waals surface area contributed by atoms with Gasteiger partial charge in [-0.2, -0.15) is 0 Å². The van der Waals surface area contributed by atoms with Gasteiger partial charge in [0.1, 0.15) is 5.75 Å². The third-order valence-electron chi connectivity index (χ3n) is 9.70. The lowest BCUT2D eigenvalue weighted by molar-refractivity contribution is -0.130. The number of amides is 2. The largest absolute Gasteiger partial charge is 0.496 e. The van der Waals surface area contributed by atoms with Crippen LogP contribution in [0.5, 0.6) is 5.75 Å². The van der Waals surface area contributed by atoms with Crippen molar-refractivity contribution in [1.82, 2.24) is 29.7 Å². The number of benzene rings is 2. The molecule has 2 aliphatic heterocycles. The molecule has 4 heterocycles. The maximum atomic E-state index is 13.7. The minimum atomic E-state index is -0.362. The molecular formula is C37H42Cl2FN7O3. The number of piperidine rings is 1. The summed E-state index contributed by atoms with van der Waals surface area (Å²) >= 11 is 14.0. The van der Waals surface area contributed by atoms with Gasteiger partial charge < -0.3 is 24.8 Å². The van der Waals surface area contributed by atoms with E-state index in [0.717, 1.165) is 61.4 Å². The van der Waals surface area contributed by atoms with Crippen molar-refractivity contribution in [1.29, 1.82) is 0 Å². The number of fused-ring (bicyclic) bond motifs is 1. The van der Waals surface area contributed by atoms with Crippen molar-refractivity contribution in [2.24, 2.45) is 7.05 Å². The summed E-state index contributed by atoms with van der Waals surface area (Å²) in [5, 5.41) is 6.95. The predicted octanol–water partition coefficient (Wildman–Crippen LogP) is 6.54. The molecule has 0 spiro atoms. The number of imidazole rings is 1. The van der Waals surface area contributed by atoms with Crippen molar-refractivity contribution >= 4 is 40.7 Å². The molecule has 2 N–H and O–H groups in total. The number of hydrogen-bond acceptors (Lipinski definition) is 7. The van der Waals surface area contributed by atoms with Gasteiger partial charge in [-0.15, -0.1) is 0 Å². The van der Waals surface area contributed by atoms with Gasteiger partial charge in [-0.1, -0.05) is 47.5 Å². The number of carbonyl (C=O) groups excluding carboxylic acids is 2. The second-order valence-corrected chi connectivity index (χ2v) is 13.5. The molecule has 0 bridgehead atoms. The summed E-state index contributed by atoms with van der Waals surface area (Å²) in [6.45, 7) is 5.48. The first-order valence-corrected chi connectivity index (χ1v) is 17.7. The number of anilines is 1. The minimum Gasteiger partial charge on any atom is -0.496 e. The number of pyridine rings is 1. The van der Waals surface area contributed by atoms with Crippen LogP contribution >= 0.6 is 23.2 Å². The SMILES string of the molecule is COc1cc(-c2nccc(-c3cccc(NC(=O)c4nc5c(n4C)CCN(C4CCN(C(C)=O)CC4)C5)c3Cl)c2Cl)ccc1CNCCCF. The first-order valence-electron chi connectivity index (χ1n) is 16.9. The average molecular weight is 723 g/mol. The molecule has 0 aliphatic carbocycles. The number of hydrogen-bond donors (Lipinski definition) is 2. The number of alkyl halides is 1. The zero-order valence-corrected chi connectivity index (χ0v) is 30.1. The zero-order chi connectivity index (χ0) is 35.4. The summed E-state index contributed by atoms with van der Waals surface area (Å²) in [6.07, 6.45) is 4.80. The molecule has 1 saturated heterocycles. The third-order valence-corrected chi connectivity index (χ3v) is 10.5. The molecule has 0 unspecified atom stereocenters. The maximum absolute atomic E-state index is 13.7. The fourth-order valence-electron chi connectivity index (χ4n) is 6.93. The van der Waals surface area contributed by atoms with Crippen LogP contribution in [0.4, 0.5) is 10.1 Å². The molecule has 50 heavy (non-hydrogen) atoms. The second-order valence-electron chi connectivity index (χ2n) is 12.7. The number of carbonyl (C=O) groups is 2. The Bertz CT molecular complexity index is 1880. The average Bonchev–Trinajstić information content (AvgIpc) is 3.46. The standard InChI is InChI=1S/C37H42Cl2FN7O3/c1-23(48)46-17-11-26(12-18-46)47-19-13-31-30(22-47)43-36(45(31)2)37(49)44-29-7-4-6-27(33(29)38)28-10-16-42-35(34(28)39)24-8-9-25(32(20-24)50-3)21-41-15-5-14-40/h4,6-10,16,20,26,41H,5,11-15,17-19,21-22H2,1-3H3,(H,44,49). The van der Waals surface area contributed by atoms with Gasteiger partial charge in [0.25, 0.3) is 5.91 Å². The minimum absolute atomic E-state index is 0.129. The lowest BCUT2D eigenvalue weighted by Gasteiger charge is -2.39. The predicted molar refractivity (Wildman–Crippen MR) is 195 cm³/mol. The fraction of sp³-hybridized carbons (Fsp3) is 0.405. The zero-order valence-electron chi connectivity index (χ0n) is 28.6. The van der Waals surface area contributed by atoms with Crippen LogP contribution in [0.25, 0.3) is 22.4 Å². The first kappa shape index (κ1) is 35.8. The van der Waals surface area contributed by atoms with Crippen molar-refractivity contribution in [3.63, 3.8) is 0 Å². The smallest absolute Gasteiger partial charge is 0.291 e. The van der Waals surface area contributed by atoms with Crippen LogP contribution in [0.2, 0.25) is 10.0 Å². The van der Waals surface area contributed by atoms with E-state index in [0.29, 0.717) is 76.2 Å². The van der Waals surface area contributed by atoms with Crippen molar-refractivity contribution in [2.75, 3.05) is 45.3 Å². The van der Waals surface area contributed by atoms with Gasteiger partial charge in [0.05, 0.1) is 40.9 Å². The van der Waals surface area contributed by atoms with Gasteiger partial charge in [-0.25, -0.2) is 4.98 Å². The van der Waals surface area contributed by atoms with Crippen molar-refractivity contribution in [3.8, 4) is 28.1 Å². The van der Waals surface area contributed by atoms with Crippen LogP contribution in [-0.4, -0.2) is 82.2 Å². The Kier molecular flexibility index (Phi) is 11.4. The van der Waals surface area contributed by atoms with Crippen LogP contribution in [0.15, 0.2) is 48.7 Å². The van der Waals surface area contributed by atoms with E-state index in [-0.39, 0.29) is 18.5 Å². The molecule has 1 fully saturated rings. The number of ether oxygens (including phenoxy) is 1. The summed E-state index contributed by atoms with van der Waals surface area (Å²) in [6, 6.07) is 13.4. The molecule has 10 nitrogen and oxygen atoms in total. The number of likely N-dealkylation sites (tertiary alicyclic amines) is 1. The number of nitrogens with zero attached hydrogens (tertiary/aromatic N) is 5. The molecule has 2 amide bonds. The van der Waals surface area contributed by atoms with E-state index in [4.69, 9.17) is 32.9 Å². The van der Waals surface area contributed by atoms with E-state index < -0.39 is 0 Å². The highest BCUT2D eigenvalue weighted by Gasteiger charge is 2.31. The molecule has 2 aromatic carbocycles. The summed E-state index contributed by atoms with van der Waals surface area (Å²) < 4.78 is 20.0. The van der Waals surface area contributed by atoms with Crippen LogP contribution in [0.1, 0.15) is 53.8 Å². The molecule has 0 saturated carbocycles. The van der Waals surface area contributed by atoms with E-state index in [1.165, 1.54) is 0 Å². The maximum Gasteiger partial charge on any atom is 0.291 e. The Labute approximate surface area is 301 Å². The Morgan fingerprint density at radius 1 is 1.06 bits per heavy atom. The van der Waals surface area contributed by atoms with Gasteiger partial charge in [0.15, 0.2) is 5.82 Å². The lowest BCUT2D eigenvalue weighted by Crippen LogP contribution is -2.47. The van der Waals surface area contributed by atoms with Gasteiger partial charge in [-0.3, -0.25) is 23.9 Å². The third kappa shape index (κ3) is 7.51. The Balaban J connectivity index is 1.19. The Morgan fingerprint density at radius 2 is 1.84 bits per heavy atom. The monoisotopic (exact) mass is 721 g/mol. The van der Waals surface area contributed by atoms with Gasteiger partial charge in [0.2, 0.25) is 5.91 Å². The topological polar surface area (TPSA) is 105 Å². The lowest BCUT2D eigenvalue weighted by atomic mass is 10.00. The summed E-state index contributed by atoms with van der Waals surface area (Å²) in [5.41, 5.74) is 5.97. The molecule has 0 atom stereocenters. The first-order chi connectivity index (χ1) is 24.2. The van der Waals surface area contributed by atoms with Crippen molar-refractivity contribution in [2.45, 2.75) is 51.7 Å². The number of nitrogens with one attached hydrogen (secondary N) is 2. The molecule has 13 heteroatoms. The quantitative estimate of drug-likeness (QED) is 0.170. The Morgan fingerprint density at radius 3 is 2.58 bits per heavy atom. The summed E-state index contributed by atoms with van der Waals surface area (Å²) in [4.78, 5) is 39.1. The molecule has 2 aromatic heterocycles. The normalized spacial score (nSPS) is 15.2. The van der Waals surface area contributed by atoms with E-state index in [9.17, 15) is 14.0 Å². The van der Waals surface area contributed by atoms with Crippen molar-refractivity contribution < 1.29 is 18.7 Å². The van der Waals surface area contributed by atoms with E-state index in [1.54, 1.807) is 32.4 Å². The van der Waals surface area contributed by atoms with Gasteiger partial charge >= 0.3 is 0 Å². The highest BCUT2D eigenvalue weighted by atomic mass is 35.5. The molecular weight excluding hydrogens is 680 g/mol. The molecule has 6 rings (SSSR count). The number of halogens is 3. The molecule has 264 valence electrons. The Hall–Kier alpha value is -4.03. The van der Waals surface area contributed by atoms with Crippen LogP contribution in [0.3, 0.4) is 0 Å². The second kappa shape index (κ2) is 15.9. The van der Waals surface area contributed by atoms with Crippen LogP contribution in [0, 0.1) is 0 Å². The van der Waals surface area contributed by atoms with E-state index >= 15 is 0 Å². The van der Waals surface area contributed by atoms with Crippen LogP contribution < -0.4 is 15.4 Å². The number of rotatable bonds is 11. The van der Waals surface area contributed by atoms with Crippen molar-refractivity contribution in [3.05, 3.63) is 81.5 Å². The molecule has 4 aromatic rings. The highest BCUT2D eigenvalue weighted by molar-refractivity contribution is 6.39. The van der Waals surface area contributed by atoms with E-state index in [2.05, 4.69) is 20.5 Å². The fourth-order valence-corrected chi connectivity index (χ4v) is 7.53.